The zero-order valence-electron chi connectivity index (χ0n) is 11.7. The highest BCUT2D eigenvalue weighted by Gasteiger charge is 2.14. The predicted molar refractivity (Wildman–Crippen MR) is 80.4 cm³/mol. The van der Waals surface area contributed by atoms with E-state index in [-0.39, 0.29) is 17.7 Å². The predicted octanol–water partition coefficient (Wildman–Crippen LogP) is 4.43. The molecule has 3 nitrogen and oxygen atoms in total. The summed E-state index contributed by atoms with van der Waals surface area (Å²) in [4.78, 5) is 12.2. The highest BCUT2D eigenvalue weighted by atomic mass is 35.5. The molecule has 2 rings (SSSR count). The van der Waals surface area contributed by atoms with Crippen molar-refractivity contribution in [2.24, 2.45) is 0 Å². The molecule has 0 bridgehead atoms. The summed E-state index contributed by atoms with van der Waals surface area (Å²) in [5.41, 5.74) is 1.01. The van der Waals surface area contributed by atoms with Gasteiger partial charge in [0.1, 0.15) is 5.75 Å². The molecule has 0 aromatic heterocycles. The molecule has 1 N–H and O–H groups in total. The van der Waals surface area contributed by atoms with Gasteiger partial charge in [-0.25, -0.2) is 0 Å². The molecule has 2 aromatic carbocycles. The lowest BCUT2D eigenvalue weighted by Crippen LogP contribution is -2.26. The lowest BCUT2D eigenvalue weighted by atomic mass is 10.1. The molecule has 0 radical (unpaired) electrons. The van der Waals surface area contributed by atoms with Crippen LogP contribution in [0.15, 0.2) is 48.5 Å². The SMILES string of the molecule is CC(NC(=O)c1ccccc1Cl)c1cccc(OC(F)F)c1. The van der Waals surface area contributed by atoms with Gasteiger partial charge in [0.2, 0.25) is 0 Å². The average Bonchev–Trinajstić information content (AvgIpc) is 2.47. The van der Waals surface area contributed by atoms with E-state index in [1.54, 1.807) is 43.3 Å². The third kappa shape index (κ3) is 4.18. The zero-order chi connectivity index (χ0) is 16.1. The van der Waals surface area contributed by atoms with Crippen molar-refractivity contribution in [1.82, 2.24) is 5.32 Å². The molecular formula is C16H14ClF2NO2. The molecule has 2 aromatic rings. The van der Waals surface area contributed by atoms with E-state index in [1.807, 2.05) is 0 Å². The van der Waals surface area contributed by atoms with Gasteiger partial charge in [-0.2, -0.15) is 8.78 Å². The van der Waals surface area contributed by atoms with Crippen LogP contribution in [0.1, 0.15) is 28.9 Å². The van der Waals surface area contributed by atoms with Gasteiger partial charge in [-0.05, 0) is 36.8 Å². The summed E-state index contributed by atoms with van der Waals surface area (Å²) in [6.07, 6.45) is 0. The second-order valence-corrected chi connectivity index (χ2v) is 5.03. The second-order valence-electron chi connectivity index (χ2n) is 4.63. The molecule has 0 spiro atoms. The van der Waals surface area contributed by atoms with Crippen molar-refractivity contribution in [1.29, 1.82) is 0 Å². The number of hydrogen-bond donors (Lipinski definition) is 1. The van der Waals surface area contributed by atoms with Gasteiger partial charge in [-0.1, -0.05) is 35.9 Å². The number of alkyl halides is 2. The number of rotatable bonds is 5. The number of carbonyl (C=O) groups is 1. The zero-order valence-corrected chi connectivity index (χ0v) is 12.5. The fourth-order valence-electron chi connectivity index (χ4n) is 1.96. The third-order valence-corrected chi connectivity index (χ3v) is 3.38. The molecule has 116 valence electrons. The van der Waals surface area contributed by atoms with E-state index in [4.69, 9.17) is 11.6 Å². The summed E-state index contributed by atoms with van der Waals surface area (Å²) in [6, 6.07) is 12.5. The average molecular weight is 326 g/mol. The van der Waals surface area contributed by atoms with Crippen molar-refractivity contribution in [2.75, 3.05) is 0 Å². The van der Waals surface area contributed by atoms with Crippen LogP contribution in [0.5, 0.6) is 5.75 Å². The summed E-state index contributed by atoms with van der Waals surface area (Å²) in [6.45, 7) is -1.14. The highest BCUT2D eigenvalue weighted by Crippen LogP contribution is 2.22. The van der Waals surface area contributed by atoms with Crippen LogP contribution in [0.3, 0.4) is 0 Å². The Morgan fingerprint density at radius 1 is 1.18 bits per heavy atom. The van der Waals surface area contributed by atoms with E-state index in [1.165, 1.54) is 12.1 Å². The number of ether oxygens (including phenoxy) is 1. The van der Waals surface area contributed by atoms with Crippen LogP contribution in [0.2, 0.25) is 5.02 Å². The molecule has 1 atom stereocenters. The quantitative estimate of drug-likeness (QED) is 0.883. The minimum absolute atomic E-state index is 0.0475. The maximum absolute atomic E-state index is 12.2. The third-order valence-electron chi connectivity index (χ3n) is 3.05. The largest absolute Gasteiger partial charge is 0.435 e. The van der Waals surface area contributed by atoms with E-state index < -0.39 is 6.61 Å². The summed E-state index contributed by atoms with van der Waals surface area (Å²) < 4.78 is 28.8. The number of benzene rings is 2. The maximum atomic E-state index is 12.2. The minimum atomic E-state index is -2.89. The molecular weight excluding hydrogens is 312 g/mol. The van der Waals surface area contributed by atoms with Crippen LogP contribution in [0, 0.1) is 0 Å². The fourth-order valence-corrected chi connectivity index (χ4v) is 2.18. The van der Waals surface area contributed by atoms with Crippen molar-refractivity contribution in [3.05, 3.63) is 64.7 Å². The Morgan fingerprint density at radius 2 is 1.91 bits per heavy atom. The molecule has 6 heteroatoms. The smallest absolute Gasteiger partial charge is 0.387 e. The fraction of sp³-hybridized carbons (Fsp3) is 0.188. The van der Waals surface area contributed by atoms with Gasteiger partial charge in [-0.15, -0.1) is 0 Å². The van der Waals surface area contributed by atoms with Gasteiger partial charge in [0, 0.05) is 0 Å². The summed E-state index contributed by atoms with van der Waals surface area (Å²) in [5.74, 6) is -0.287. The minimum Gasteiger partial charge on any atom is -0.435 e. The Kier molecular flexibility index (Phi) is 5.33. The first-order chi connectivity index (χ1) is 10.5. The lowest BCUT2D eigenvalue weighted by Gasteiger charge is -2.16. The molecule has 0 aliphatic rings. The molecule has 0 saturated carbocycles. The van der Waals surface area contributed by atoms with Gasteiger partial charge >= 0.3 is 6.61 Å². The normalized spacial score (nSPS) is 12.0. The first-order valence-electron chi connectivity index (χ1n) is 6.57. The summed E-state index contributed by atoms with van der Waals surface area (Å²) >= 11 is 5.97. The molecule has 0 fully saturated rings. The Morgan fingerprint density at radius 3 is 2.59 bits per heavy atom. The first-order valence-corrected chi connectivity index (χ1v) is 6.95. The van der Waals surface area contributed by atoms with E-state index in [0.29, 0.717) is 16.1 Å². The van der Waals surface area contributed by atoms with Crippen LogP contribution in [0.25, 0.3) is 0 Å². The number of nitrogens with one attached hydrogen (secondary N) is 1. The Balaban J connectivity index is 2.10. The van der Waals surface area contributed by atoms with Gasteiger partial charge in [0.15, 0.2) is 0 Å². The van der Waals surface area contributed by atoms with E-state index >= 15 is 0 Å². The van der Waals surface area contributed by atoms with Crippen LogP contribution >= 0.6 is 11.6 Å². The molecule has 0 heterocycles. The summed E-state index contributed by atoms with van der Waals surface area (Å²) in [5, 5.41) is 3.12. The van der Waals surface area contributed by atoms with Crippen molar-refractivity contribution < 1.29 is 18.3 Å². The Hall–Kier alpha value is -2.14. The van der Waals surface area contributed by atoms with E-state index in [0.717, 1.165) is 0 Å². The molecule has 0 aliphatic carbocycles. The van der Waals surface area contributed by atoms with Gasteiger partial charge < -0.3 is 10.1 Å². The standard InChI is InChI=1S/C16H14ClF2NO2/c1-10(11-5-4-6-12(9-11)22-16(18)19)20-15(21)13-7-2-3-8-14(13)17/h2-10,16H,1H3,(H,20,21). The van der Waals surface area contributed by atoms with E-state index in [2.05, 4.69) is 10.1 Å². The topological polar surface area (TPSA) is 38.3 Å². The van der Waals surface area contributed by atoms with Crippen molar-refractivity contribution in [2.45, 2.75) is 19.6 Å². The van der Waals surface area contributed by atoms with Crippen molar-refractivity contribution in [3.8, 4) is 5.75 Å². The monoisotopic (exact) mass is 325 g/mol. The molecule has 0 saturated heterocycles. The lowest BCUT2D eigenvalue weighted by molar-refractivity contribution is -0.0499. The van der Waals surface area contributed by atoms with Gasteiger partial charge in [0.25, 0.3) is 5.91 Å². The first kappa shape index (κ1) is 16.2. The second kappa shape index (κ2) is 7.22. The number of carbonyl (C=O) groups excluding carboxylic acids is 1. The van der Waals surface area contributed by atoms with Crippen LogP contribution in [0.4, 0.5) is 8.78 Å². The summed E-state index contributed by atoms with van der Waals surface area (Å²) in [7, 11) is 0. The molecule has 1 amide bonds. The highest BCUT2D eigenvalue weighted by molar-refractivity contribution is 6.33. The number of hydrogen-bond acceptors (Lipinski definition) is 2. The maximum Gasteiger partial charge on any atom is 0.387 e. The Labute approximate surface area is 131 Å². The molecule has 1 unspecified atom stereocenters. The van der Waals surface area contributed by atoms with E-state index in [9.17, 15) is 13.6 Å². The van der Waals surface area contributed by atoms with Gasteiger partial charge in [-0.3, -0.25) is 4.79 Å². The molecule has 22 heavy (non-hydrogen) atoms. The Bertz CT molecular complexity index is 664. The number of amides is 1. The van der Waals surface area contributed by atoms with Crippen molar-refractivity contribution >= 4 is 17.5 Å². The van der Waals surface area contributed by atoms with Crippen LogP contribution < -0.4 is 10.1 Å². The van der Waals surface area contributed by atoms with Crippen LogP contribution in [-0.4, -0.2) is 12.5 Å². The van der Waals surface area contributed by atoms with Crippen LogP contribution in [-0.2, 0) is 0 Å². The van der Waals surface area contributed by atoms with Crippen molar-refractivity contribution in [3.63, 3.8) is 0 Å². The number of halogens is 3. The molecule has 0 aliphatic heterocycles. The van der Waals surface area contributed by atoms with Gasteiger partial charge in [0.05, 0.1) is 16.6 Å².